The zero-order chi connectivity index (χ0) is 29.4. The molecule has 7 nitrogen and oxygen atoms in total. The Morgan fingerprint density at radius 3 is 2.35 bits per heavy atom. The van der Waals surface area contributed by atoms with Crippen LogP contribution < -0.4 is 5.32 Å². The van der Waals surface area contributed by atoms with Crippen molar-refractivity contribution in [1.29, 1.82) is 0 Å². The highest BCUT2D eigenvalue weighted by Crippen LogP contribution is 2.50. The maximum absolute atomic E-state index is 14.3. The second-order valence-electron chi connectivity index (χ2n) is 12.0. The Labute approximate surface area is 233 Å². The van der Waals surface area contributed by atoms with Crippen LogP contribution in [0.15, 0.2) is 42.5 Å². The first-order chi connectivity index (χ1) is 18.7. The lowest BCUT2D eigenvalue weighted by Gasteiger charge is -2.36. The number of aliphatic carboxylic acids is 1. The quantitative estimate of drug-likeness (QED) is 0.443. The molecule has 1 aromatic carbocycles. The van der Waals surface area contributed by atoms with Crippen LogP contribution in [-0.4, -0.2) is 52.2 Å². The highest BCUT2D eigenvalue weighted by molar-refractivity contribution is 5.87. The number of hydrogen-bond donors (Lipinski definition) is 2. The van der Waals surface area contributed by atoms with Crippen molar-refractivity contribution in [3.8, 4) is 0 Å². The number of nitrogens with one attached hydrogen (secondary N) is 1. The van der Waals surface area contributed by atoms with E-state index in [1.165, 1.54) is 11.8 Å². The number of aryl methyl sites for hydroxylation is 1. The van der Waals surface area contributed by atoms with Crippen LogP contribution in [0.3, 0.4) is 0 Å². The van der Waals surface area contributed by atoms with Crippen molar-refractivity contribution in [2.75, 3.05) is 12.4 Å². The first-order valence-corrected chi connectivity index (χ1v) is 13.7. The molecule has 6 atom stereocenters. The van der Waals surface area contributed by atoms with Gasteiger partial charge in [-0.3, -0.25) is 4.79 Å². The summed E-state index contributed by atoms with van der Waals surface area (Å²) in [5.74, 6) is -2.50. The molecule has 1 saturated heterocycles. The number of benzene rings is 1. The number of rotatable bonds is 6. The normalized spacial score (nSPS) is 27.4. The van der Waals surface area contributed by atoms with E-state index in [2.05, 4.69) is 10.3 Å². The van der Waals surface area contributed by atoms with E-state index in [4.69, 9.17) is 4.74 Å². The molecular formula is C30H38F3N3O4. The number of nitrogens with zero attached hydrogens (tertiary/aromatic N) is 2. The minimum Gasteiger partial charge on any atom is -0.480 e. The average molecular weight is 562 g/mol. The molecule has 2 fully saturated rings. The van der Waals surface area contributed by atoms with Gasteiger partial charge in [-0.05, 0) is 49.3 Å². The number of carboxylic acids is 1. The Bertz CT molecular complexity index is 1210. The van der Waals surface area contributed by atoms with Gasteiger partial charge < -0.3 is 20.1 Å². The van der Waals surface area contributed by atoms with Crippen LogP contribution in [0.1, 0.15) is 69.3 Å². The van der Waals surface area contributed by atoms with Crippen LogP contribution in [-0.2, 0) is 20.5 Å². The van der Waals surface area contributed by atoms with Gasteiger partial charge in [0.15, 0.2) is 0 Å². The van der Waals surface area contributed by atoms with Crippen LogP contribution in [0.25, 0.3) is 0 Å². The van der Waals surface area contributed by atoms with Gasteiger partial charge in [0.25, 0.3) is 0 Å². The number of halogens is 3. The maximum Gasteiger partial charge on any atom is 0.416 e. The zero-order valence-corrected chi connectivity index (χ0v) is 23.5. The van der Waals surface area contributed by atoms with Crippen molar-refractivity contribution in [1.82, 2.24) is 9.88 Å². The molecule has 0 radical (unpaired) electrons. The summed E-state index contributed by atoms with van der Waals surface area (Å²) < 4.78 is 46.6. The summed E-state index contributed by atoms with van der Waals surface area (Å²) in [4.78, 5) is 33.1. The van der Waals surface area contributed by atoms with Crippen LogP contribution in [0.5, 0.6) is 0 Å². The second kappa shape index (κ2) is 11.4. The molecule has 2 N–H and O–H groups in total. The molecule has 4 rings (SSSR count). The lowest BCUT2D eigenvalue weighted by atomic mass is 9.72. The summed E-state index contributed by atoms with van der Waals surface area (Å²) in [5, 5.41) is 13.8. The van der Waals surface area contributed by atoms with Crippen molar-refractivity contribution < 1.29 is 32.6 Å². The fourth-order valence-corrected chi connectivity index (χ4v) is 6.53. The molecule has 2 heterocycles. The number of amides is 1. The van der Waals surface area contributed by atoms with E-state index in [-0.39, 0.29) is 23.5 Å². The van der Waals surface area contributed by atoms with Gasteiger partial charge in [0, 0.05) is 24.6 Å². The Morgan fingerprint density at radius 2 is 1.77 bits per heavy atom. The Hall–Kier alpha value is -3.14. The third-order valence-electron chi connectivity index (χ3n) is 8.22. The molecule has 0 bridgehead atoms. The van der Waals surface area contributed by atoms with E-state index in [0.29, 0.717) is 18.4 Å². The van der Waals surface area contributed by atoms with Gasteiger partial charge >= 0.3 is 12.1 Å². The van der Waals surface area contributed by atoms with Gasteiger partial charge in [0.05, 0.1) is 23.8 Å². The molecular weight excluding hydrogens is 523 g/mol. The highest BCUT2D eigenvalue weighted by atomic mass is 19.4. The third-order valence-corrected chi connectivity index (χ3v) is 8.22. The molecule has 1 amide bonds. The number of likely N-dealkylation sites (tertiary alicyclic amines) is 1. The molecule has 2 aromatic rings. The number of hydrogen-bond acceptors (Lipinski definition) is 5. The van der Waals surface area contributed by atoms with Crippen molar-refractivity contribution >= 4 is 17.7 Å². The number of aromatic nitrogens is 1. The second-order valence-corrected chi connectivity index (χ2v) is 12.0. The average Bonchev–Trinajstić information content (AvgIpc) is 3.23. The van der Waals surface area contributed by atoms with Gasteiger partial charge in [0.2, 0.25) is 5.91 Å². The monoisotopic (exact) mass is 561 g/mol. The predicted octanol–water partition coefficient (Wildman–Crippen LogP) is 6.09. The molecule has 0 unspecified atom stereocenters. The molecule has 0 spiro atoms. The smallest absolute Gasteiger partial charge is 0.416 e. The van der Waals surface area contributed by atoms with E-state index >= 15 is 0 Å². The number of ether oxygens (including phenoxy) is 1. The number of carbonyl (C=O) groups excluding carboxylic acids is 1. The molecule has 10 heteroatoms. The van der Waals surface area contributed by atoms with E-state index in [9.17, 15) is 27.9 Å². The summed E-state index contributed by atoms with van der Waals surface area (Å²) in [6.07, 6.45) is -1.93. The minimum absolute atomic E-state index is 0.0111. The van der Waals surface area contributed by atoms with E-state index in [0.717, 1.165) is 25.0 Å². The summed E-state index contributed by atoms with van der Waals surface area (Å²) in [7, 11) is 1.61. The van der Waals surface area contributed by atoms with Crippen molar-refractivity contribution in [2.24, 2.45) is 17.3 Å². The number of pyridine rings is 1. The first-order valence-electron chi connectivity index (χ1n) is 13.7. The van der Waals surface area contributed by atoms with Crippen molar-refractivity contribution in [3.05, 3.63) is 59.3 Å². The standard InChI is InChI=1S/C30H38F3N3O4/c1-17-14-20(30(31,32)33)16-22(34-17)35-24-23(29(2,3)4)26(28(38)39)36(25(24)18-10-7-6-8-11-18)27(37)19-12-9-13-21(15-19)40-5/h6-8,10-11,14,16,19,21,23-26H,9,12-13,15H2,1-5H3,(H,34,35)(H,38,39)/t19-,21-,23-,24-,25-,26-/m1/s1. The maximum atomic E-state index is 14.3. The van der Waals surface area contributed by atoms with Crippen LogP contribution in [0.4, 0.5) is 19.0 Å². The highest BCUT2D eigenvalue weighted by Gasteiger charge is 2.59. The summed E-state index contributed by atoms with van der Waals surface area (Å²) >= 11 is 0. The summed E-state index contributed by atoms with van der Waals surface area (Å²) in [5.41, 5.74) is -0.607. The third kappa shape index (κ3) is 6.11. The lowest BCUT2D eigenvalue weighted by molar-refractivity contribution is -0.155. The number of alkyl halides is 3. The largest absolute Gasteiger partial charge is 0.480 e. The van der Waals surface area contributed by atoms with Gasteiger partial charge in [0.1, 0.15) is 11.9 Å². The molecule has 1 aromatic heterocycles. The predicted molar refractivity (Wildman–Crippen MR) is 145 cm³/mol. The topological polar surface area (TPSA) is 91.8 Å². The van der Waals surface area contributed by atoms with Crippen LogP contribution >= 0.6 is 0 Å². The molecule has 1 saturated carbocycles. The molecule has 1 aliphatic carbocycles. The first kappa shape index (κ1) is 29.8. The number of carboxylic acid groups (broad SMARTS) is 1. The number of methoxy groups -OCH3 is 1. The Balaban J connectivity index is 1.87. The fourth-order valence-electron chi connectivity index (χ4n) is 6.53. The van der Waals surface area contributed by atoms with Crippen molar-refractivity contribution in [3.63, 3.8) is 0 Å². The van der Waals surface area contributed by atoms with E-state index < -0.39 is 53.1 Å². The summed E-state index contributed by atoms with van der Waals surface area (Å²) in [6, 6.07) is 8.33. The van der Waals surface area contributed by atoms with Gasteiger partial charge in [-0.15, -0.1) is 0 Å². The lowest BCUT2D eigenvalue weighted by Crippen LogP contribution is -2.49. The van der Waals surface area contributed by atoms with Crippen LogP contribution in [0.2, 0.25) is 0 Å². The van der Waals surface area contributed by atoms with Crippen LogP contribution in [0, 0.1) is 24.2 Å². The minimum atomic E-state index is -4.58. The van der Waals surface area contributed by atoms with Crippen molar-refractivity contribution in [2.45, 2.75) is 83.8 Å². The molecule has 218 valence electrons. The Kier molecular flexibility index (Phi) is 8.49. The van der Waals surface area contributed by atoms with E-state index in [1.54, 1.807) is 7.11 Å². The van der Waals surface area contributed by atoms with Gasteiger partial charge in [-0.2, -0.15) is 13.2 Å². The van der Waals surface area contributed by atoms with Gasteiger partial charge in [-0.1, -0.05) is 57.5 Å². The number of anilines is 1. The zero-order valence-electron chi connectivity index (χ0n) is 23.5. The SMILES string of the molecule is CO[C@@H]1CCC[C@@H](C(=O)N2[C@H](c3ccccc3)[C@H](Nc3cc(C(F)(F)F)cc(C)n3)[C@@H](C(C)(C)C)[C@@H]2C(=O)O)C1. The molecule has 1 aliphatic heterocycles. The van der Waals surface area contributed by atoms with Gasteiger partial charge in [-0.25, -0.2) is 9.78 Å². The Morgan fingerprint density at radius 1 is 1.10 bits per heavy atom. The molecule has 2 aliphatic rings. The van der Waals surface area contributed by atoms with E-state index in [1.807, 2.05) is 51.1 Å². The number of carbonyl (C=O) groups is 2. The fraction of sp³-hybridized carbons (Fsp3) is 0.567. The summed E-state index contributed by atoms with van der Waals surface area (Å²) in [6.45, 7) is 7.16. The molecule has 40 heavy (non-hydrogen) atoms.